The lowest BCUT2D eigenvalue weighted by Gasteiger charge is -2.34. The summed E-state index contributed by atoms with van der Waals surface area (Å²) in [7, 11) is 1.46. The summed E-state index contributed by atoms with van der Waals surface area (Å²) in [6.07, 6.45) is 2.95. The lowest BCUT2D eigenvalue weighted by Crippen LogP contribution is -2.54. The molecule has 2 heterocycles. The Balaban J connectivity index is 2.38. The number of ether oxygens (including phenoxy) is 1. The van der Waals surface area contributed by atoms with Crippen LogP contribution in [0.25, 0.3) is 0 Å². The quantitative estimate of drug-likeness (QED) is 0.714. The van der Waals surface area contributed by atoms with E-state index in [1.165, 1.54) is 19.5 Å². The standard InChI is InChI=1S/C8H10FN3O/c1-13-7-6(11-2-3-12-7)8(9)4-10-5-8/h2-3,10H,4-5H2,1H3. The van der Waals surface area contributed by atoms with Crippen LogP contribution in [-0.4, -0.2) is 30.2 Å². The van der Waals surface area contributed by atoms with Gasteiger partial charge in [-0.2, -0.15) is 0 Å². The third-order valence-electron chi connectivity index (χ3n) is 2.09. The molecule has 1 aromatic rings. The third-order valence-corrected chi connectivity index (χ3v) is 2.09. The van der Waals surface area contributed by atoms with E-state index >= 15 is 0 Å². The van der Waals surface area contributed by atoms with E-state index in [9.17, 15) is 4.39 Å². The minimum absolute atomic E-state index is 0.270. The van der Waals surface area contributed by atoms with Crippen LogP contribution in [0.2, 0.25) is 0 Å². The van der Waals surface area contributed by atoms with Gasteiger partial charge in [0, 0.05) is 25.5 Å². The van der Waals surface area contributed by atoms with Gasteiger partial charge >= 0.3 is 0 Å². The number of hydrogen-bond acceptors (Lipinski definition) is 4. The predicted octanol–water partition coefficient (Wildman–Crippen LogP) is 0.253. The fourth-order valence-electron chi connectivity index (χ4n) is 1.29. The Kier molecular flexibility index (Phi) is 1.88. The largest absolute Gasteiger partial charge is 0.480 e. The van der Waals surface area contributed by atoms with Crippen molar-refractivity contribution >= 4 is 0 Å². The monoisotopic (exact) mass is 183 g/mol. The Hall–Kier alpha value is -1.23. The van der Waals surface area contributed by atoms with Crippen LogP contribution in [0, 0.1) is 0 Å². The Morgan fingerprint density at radius 3 is 2.69 bits per heavy atom. The molecule has 0 radical (unpaired) electrons. The Bertz CT molecular complexity index is 314. The zero-order valence-corrected chi connectivity index (χ0v) is 7.25. The summed E-state index contributed by atoms with van der Waals surface area (Å²) in [5.41, 5.74) is -1.11. The smallest absolute Gasteiger partial charge is 0.238 e. The minimum Gasteiger partial charge on any atom is -0.480 e. The van der Waals surface area contributed by atoms with Crippen LogP contribution in [0.5, 0.6) is 5.88 Å². The molecule has 70 valence electrons. The van der Waals surface area contributed by atoms with E-state index in [0.29, 0.717) is 0 Å². The van der Waals surface area contributed by atoms with Crippen LogP contribution in [0.3, 0.4) is 0 Å². The number of rotatable bonds is 2. The molecule has 0 unspecified atom stereocenters. The topological polar surface area (TPSA) is 47.0 Å². The van der Waals surface area contributed by atoms with E-state index in [-0.39, 0.29) is 24.7 Å². The van der Waals surface area contributed by atoms with E-state index in [1.54, 1.807) is 0 Å². The van der Waals surface area contributed by atoms with E-state index in [1.807, 2.05) is 0 Å². The first kappa shape index (κ1) is 8.37. The van der Waals surface area contributed by atoms with Gasteiger partial charge in [-0.1, -0.05) is 0 Å². The Morgan fingerprint density at radius 1 is 1.46 bits per heavy atom. The summed E-state index contributed by atoms with van der Waals surface area (Å²) in [6, 6.07) is 0. The van der Waals surface area contributed by atoms with Crippen LogP contribution in [0.4, 0.5) is 4.39 Å². The van der Waals surface area contributed by atoms with E-state index in [0.717, 1.165) is 0 Å². The fourth-order valence-corrected chi connectivity index (χ4v) is 1.29. The molecule has 1 saturated heterocycles. The normalized spacial score (nSPS) is 19.2. The molecule has 1 aliphatic rings. The Morgan fingerprint density at radius 2 is 2.15 bits per heavy atom. The second-order valence-electron chi connectivity index (χ2n) is 2.98. The van der Waals surface area contributed by atoms with Crippen molar-refractivity contribution in [2.45, 2.75) is 5.67 Å². The highest BCUT2D eigenvalue weighted by Gasteiger charge is 2.43. The molecule has 0 saturated carbocycles. The average Bonchev–Trinajstić information content (AvgIpc) is 2.14. The molecule has 0 amide bonds. The number of hydrogen-bond donors (Lipinski definition) is 1. The summed E-state index contributed by atoms with van der Waals surface area (Å²) in [5.74, 6) is 0.270. The van der Waals surface area contributed by atoms with Gasteiger partial charge in [-0.15, -0.1) is 0 Å². The van der Waals surface area contributed by atoms with Gasteiger partial charge in [0.2, 0.25) is 5.88 Å². The Labute approximate surface area is 75.2 Å². The first-order valence-corrected chi connectivity index (χ1v) is 4.01. The van der Waals surface area contributed by atoms with Crippen molar-refractivity contribution in [3.05, 3.63) is 18.1 Å². The molecule has 1 aromatic heterocycles. The zero-order valence-electron chi connectivity index (χ0n) is 7.25. The number of aromatic nitrogens is 2. The van der Waals surface area contributed by atoms with Gasteiger partial charge < -0.3 is 10.1 Å². The number of methoxy groups -OCH3 is 1. The minimum atomic E-state index is -1.40. The summed E-state index contributed by atoms with van der Waals surface area (Å²) in [5, 5.41) is 2.85. The summed E-state index contributed by atoms with van der Waals surface area (Å²) >= 11 is 0. The number of nitrogens with zero attached hydrogens (tertiary/aromatic N) is 2. The highest BCUT2D eigenvalue weighted by Crippen LogP contribution is 2.32. The maximum Gasteiger partial charge on any atom is 0.238 e. The van der Waals surface area contributed by atoms with E-state index in [4.69, 9.17) is 4.74 Å². The SMILES string of the molecule is COc1nccnc1C1(F)CNC1. The van der Waals surface area contributed by atoms with Crippen LogP contribution in [0.1, 0.15) is 5.69 Å². The first-order chi connectivity index (χ1) is 6.26. The molecule has 0 aromatic carbocycles. The van der Waals surface area contributed by atoms with Crippen molar-refractivity contribution in [3.63, 3.8) is 0 Å². The highest BCUT2D eigenvalue weighted by atomic mass is 19.1. The molecule has 2 rings (SSSR count). The molecule has 13 heavy (non-hydrogen) atoms. The second kappa shape index (κ2) is 2.92. The molecule has 4 nitrogen and oxygen atoms in total. The number of alkyl halides is 1. The molecule has 0 atom stereocenters. The molecule has 1 fully saturated rings. The van der Waals surface area contributed by atoms with Gasteiger partial charge in [0.1, 0.15) is 5.69 Å². The van der Waals surface area contributed by atoms with Gasteiger partial charge in [0.25, 0.3) is 0 Å². The van der Waals surface area contributed by atoms with Crippen LogP contribution < -0.4 is 10.1 Å². The summed E-state index contributed by atoms with van der Waals surface area (Å²) in [4.78, 5) is 7.83. The lowest BCUT2D eigenvalue weighted by molar-refractivity contribution is 0.0796. The maximum absolute atomic E-state index is 13.8. The van der Waals surface area contributed by atoms with Crippen LogP contribution in [0.15, 0.2) is 12.4 Å². The van der Waals surface area contributed by atoms with Gasteiger partial charge in [0.05, 0.1) is 7.11 Å². The summed E-state index contributed by atoms with van der Waals surface area (Å²) < 4.78 is 18.8. The van der Waals surface area contributed by atoms with Crippen molar-refractivity contribution in [1.82, 2.24) is 15.3 Å². The zero-order chi connectivity index (χ0) is 9.31. The van der Waals surface area contributed by atoms with Gasteiger partial charge in [-0.05, 0) is 0 Å². The highest BCUT2D eigenvalue weighted by molar-refractivity contribution is 5.27. The number of halogens is 1. The van der Waals surface area contributed by atoms with Crippen molar-refractivity contribution in [2.75, 3.05) is 20.2 Å². The third kappa shape index (κ3) is 1.25. The number of nitrogens with one attached hydrogen (secondary N) is 1. The second-order valence-corrected chi connectivity index (χ2v) is 2.98. The fraction of sp³-hybridized carbons (Fsp3) is 0.500. The van der Waals surface area contributed by atoms with Gasteiger partial charge in [0.15, 0.2) is 5.67 Å². The molecule has 0 spiro atoms. The lowest BCUT2D eigenvalue weighted by atomic mass is 9.95. The van der Waals surface area contributed by atoms with Crippen molar-refractivity contribution in [3.8, 4) is 5.88 Å². The molecular formula is C8H10FN3O. The van der Waals surface area contributed by atoms with Crippen molar-refractivity contribution in [1.29, 1.82) is 0 Å². The average molecular weight is 183 g/mol. The molecular weight excluding hydrogens is 173 g/mol. The van der Waals surface area contributed by atoms with Crippen LogP contribution >= 0.6 is 0 Å². The van der Waals surface area contributed by atoms with Gasteiger partial charge in [-0.25, -0.2) is 9.37 Å². The summed E-state index contributed by atoms with van der Waals surface area (Å²) in [6.45, 7) is 0.560. The van der Waals surface area contributed by atoms with Crippen molar-refractivity contribution in [2.24, 2.45) is 0 Å². The first-order valence-electron chi connectivity index (χ1n) is 4.01. The van der Waals surface area contributed by atoms with E-state index in [2.05, 4.69) is 15.3 Å². The van der Waals surface area contributed by atoms with Crippen LogP contribution in [-0.2, 0) is 5.67 Å². The molecule has 1 N–H and O–H groups in total. The molecule has 0 bridgehead atoms. The maximum atomic E-state index is 13.8. The van der Waals surface area contributed by atoms with Gasteiger partial charge in [-0.3, -0.25) is 4.98 Å². The van der Waals surface area contributed by atoms with E-state index < -0.39 is 5.67 Å². The molecule has 5 heteroatoms. The predicted molar refractivity (Wildman–Crippen MR) is 44.2 cm³/mol. The molecule has 0 aliphatic carbocycles. The molecule has 1 aliphatic heterocycles. The van der Waals surface area contributed by atoms with Crippen molar-refractivity contribution < 1.29 is 9.13 Å².